The summed E-state index contributed by atoms with van der Waals surface area (Å²) in [7, 11) is 0.114. The lowest BCUT2D eigenvalue weighted by atomic mass is 9.99. The van der Waals surface area contributed by atoms with E-state index in [1.165, 1.54) is 13.2 Å². The van der Waals surface area contributed by atoms with Crippen molar-refractivity contribution in [1.82, 2.24) is 4.31 Å². The van der Waals surface area contributed by atoms with Crippen molar-refractivity contribution in [2.45, 2.75) is 17.7 Å². The number of nitrogens with zero attached hydrogens (tertiary/aromatic N) is 1. The summed E-state index contributed by atoms with van der Waals surface area (Å²) in [5.41, 5.74) is 0.625. The van der Waals surface area contributed by atoms with E-state index in [9.17, 15) is 13.8 Å². The number of carbonyl (C=O) groups is 2. The molecule has 0 spiro atoms. The van der Waals surface area contributed by atoms with Crippen LogP contribution >= 0.6 is 0 Å². The number of hydrogen-bond donors (Lipinski definition) is 1. The fourth-order valence-corrected chi connectivity index (χ4v) is 3.63. The van der Waals surface area contributed by atoms with Gasteiger partial charge < -0.3 is 10.1 Å². The van der Waals surface area contributed by atoms with Crippen molar-refractivity contribution >= 4 is 28.5 Å². The van der Waals surface area contributed by atoms with E-state index in [2.05, 4.69) is 11.9 Å². The van der Waals surface area contributed by atoms with Crippen molar-refractivity contribution in [3.8, 4) is 0 Å². The smallest absolute Gasteiger partial charge is 0.308 e. The molecule has 1 aromatic carbocycles. The average Bonchev–Trinajstić information content (AvgIpc) is 2.61. The molecule has 2 rings (SSSR count). The minimum Gasteiger partial charge on any atom is -0.469 e. The molecule has 0 aromatic heterocycles. The summed E-state index contributed by atoms with van der Waals surface area (Å²) >= 11 is 0. The Morgan fingerprint density at radius 2 is 1.91 bits per heavy atom. The zero-order chi connectivity index (χ0) is 16.8. The predicted octanol–water partition coefficient (Wildman–Crippen LogP) is 1.72. The first-order valence-electron chi connectivity index (χ1n) is 7.33. The normalized spacial score (nSPS) is 17.3. The maximum atomic E-state index is 12.6. The molecule has 23 heavy (non-hydrogen) atoms. The SMILES string of the molecule is C=CC(=O)Nc1ccc(S(=O)N2CCC(C(=O)OC)CC2)cc1. The highest BCUT2D eigenvalue weighted by Gasteiger charge is 2.28. The number of anilines is 1. The lowest BCUT2D eigenvalue weighted by Gasteiger charge is -2.29. The molecule has 1 saturated heterocycles. The Bertz CT molecular complexity index is 607. The number of benzene rings is 1. The van der Waals surface area contributed by atoms with Crippen molar-refractivity contribution in [3.05, 3.63) is 36.9 Å². The van der Waals surface area contributed by atoms with E-state index in [0.717, 1.165) is 0 Å². The van der Waals surface area contributed by atoms with Gasteiger partial charge >= 0.3 is 5.97 Å². The Balaban J connectivity index is 1.95. The van der Waals surface area contributed by atoms with Crippen LogP contribution in [0.5, 0.6) is 0 Å². The Morgan fingerprint density at radius 3 is 2.43 bits per heavy atom. The van der Waals surface area contributed by atoms with Crippen LogP contribution in [0.15, 0.2) is 41.8 Å². The topological polar surface area (TPSA) is 75.7 Å². The van der Waals surface area contributed by atoms with Crippen LogP contribution in [0.1, 0.15) is 12.8 Å². The maximum Gasteiger partial charge on any atom is 0.308 e. The van der Waals surface area contributed by atoms with E-state index < -0.39 is 11.0 Å². The molecule has 7 heteroatoms. The molecule has 1 N–H and O–H groups in total. The van der Waals surface area contributed by atoms with Gasteiger partial charge in [-0.15, -0.1) is 0 Å². The fraction of sp³-hybridized carbons (Fsp3) is 0.375. The molecule has 1 heterocycles. The summed E-state index contributed by atoms with van der Waals surface area (Å²) in [5.74, 6) is -0.591. The van der Waals surface area contributed by atoms with E-state index in [-0.39, 0.29) is 17.8 Å². The molecule has 0 bridgehead atoms. The van der Waals surface area contributed by atoms with E-state index in [0.29, 0.717) is 36.5 Å². The average molecular weight is 336 g/mol. The van der Waals surface area contributed by atoms with Gasteiger partial charge in [-0.3, -0.25) is 9.59 Å². The molecule has 1 aliphatic heterocycles. The van der Waals surface area contributed by atoms with E-state index in [1.807, 2.05) is 4.31 Å². The van der Waals surface area contributed by atoms with Crippen LogP contribution in [-0.2, 0) is 25.3 Å². The summed E-state index contributed by atoms with van der Waals surface area (Å²) in [6.07, 6.45) is 2.48. The number of rotatable bonds is 5. The molecule has 1 atom stereocenters. The van der Waals surface area contributed by atoms with E-state index in [4.69, 9.17) is 4.74 Å². The second kappa shape index (κ2) is 8.03. The lowest BCUT2D eigenvalue weighted by Crippen LogP contribution is -2.37. The second-order valence-electron chi connectivity index (χ2n) is 5.19. The highest BCUT2D eigenvalue weighted by Crippen LogP contribution is 2.23. The summed E-state index contributed by atoms with van der Waals surface area (Å²) < 4.78 is 19.1. The van der Waals surface area contributed by atoms with Crippen LogP contribution in [0.25, 0.3) is 0 Å². The molecule has 1 amide bonds. The van der Waals surface area contributed by atoms with Crippen LogP contribution in [-0.4, -0.2) is 40.6 Å². The van der Waals surface area contributed by atoms with Gasteiger partial charge in [0.05, 0.1) is 17.9 Å². The number of nitrogens with one attached hydrogen (secondary N) is 1. The molecular weight excluding hydrogens is 316 g/mol. The molecule has 6 nitrogen and oxygen atoms in total. The predicted molar refractivity (Wildman–Crippen MR) is 88.0 cm³/mol. The number of esters is 1. The number of piperidine rings is 1. The van der Waals surface area contributed by atoms with E-state index in [1.54, 1.807) is 24.3 Å². The fourth-order valence-electron chi connectivity index (χ4n) is 2.42. The molecule has 0 aliphatic carbocycles. The standard InChI is InChI=1S/C16H20N2O4S/c1-3-15(19)17-13-4-6-14(7-5-13)23(21)18-10-8-12(9-11-18)16(20)22-2/h3-7,12H,1,8-11H2,2H3,(H,17,19). The second-order valence-corrected chi connectivity index (χ2v) is 6.68. The quantitative estimate of drug-likeness (QED) is 0.656. The number of ether oxygens (including phenoxy) is 1. The third kappa shape index (κ3) is 4.49. The third-order valence-corrected chi connectivity index (χ3v) is 5.24. The van der Waals surface area contributed by atoms with Gasteiger partial charge in [-0.25, -0.2) is 8.51 Å². The van der Waals surface area contributed by atoms with Gasteiger partial charge in [-0.05, 0) is 43.2 Å². The molecule has 1 aliphatic rings. The number of methoxy groups -OCH3 is 1. The van der Waals surface area contributed by atoms with Crippen molar-refractivity contribution in [1.29, 1.82) is 0 Å². The molecule has 0 saturated carbocycles. The zero-order valence-electron chi connectivity index (χ0n) is 13.0. The van der Waals surface area contributed by atoms with Crippen LogP contribution < -0.4 is 5.32 Å². The van der Waals surface area contributed by atoms with Crippen molar-refractivity contribution in [3.63, 3.8) is 0 Å². The van der Waals surface area contributed by atoms with Crippen LogP contribution in [0.3, 0.4) is 0 Å². The third-order valence-electron chi connectivity index (χ3n) is 3.73. The molecule has 1 fully saturated rings. The van der Waals surface area contributed by atoms with Gasteiger partial charge in [0, 0.05) is 18.8 Å². The first-order chi connectivity index (χ1) is 11.0. The summed E-state index contributed by atoms with van der Waals surface area (Å²) in [5, 5.41) is 2.64. The molecule has 1 unspecified atom stereocenters. The van der Waals surface area contributed by atoms with Gasteiger partial charge in [0.2, 0.25) is 5.91 Å². The van der Waals surface area contributed by atoms with Crippen LogP contribution in [0.2, 0.25) is 0 Å². The van der Waals surface area contributed by atoms with Crippen molar-refractivity contribution in [2.24, 2.45) is 5.92 Å². The Labute approximate surface area is 138 Å². The Kier molecular flexibility index (Phi) is 6.06. The van der Waals surface area contributed by atoms with Crippen molar-refractivity contribution in [2.75, 3.05) is 25.5 Å². The Morgan fingerprint density at radius 1 is 1.30 bits per heavy atom. The molecule has 1 aromatic rings. The first kappa shape index (κ1) is 17.4. The molecule has 124 valence electrons. The van der Waals surface area contributed by atoms with Gasteiger partial charge in [0.1, 0.15) is 11.0 Å². The van der Waals surface area contributed by atoms with Crippen molar-refractivity contribution < 1.29 is 18.5 Å². The van der Waals surface area contributed by atoms with Gasteiger partial charge in [-0.2, -0.15) is 0 Å². The van der Waals surface area contributed by atoms with E-state index >= 15 is 0 Å². The van der Waals surface area contributed by atoms with Crippen LogP contribution in [0.4, 0.5) is 5.69 Å². The van der Waals surface area contributed by atoms with Gasteiger partial charge in [-0.1, -0.05) is 6.58 Å². The molecular formula is C16H20N2O4S. The molecule has 0 radical (unpaired) electrons. The van der Waals surface area contributed by atoms with Gasteiger partial charge in [0.15, 0.2) is 0 Å². The summed E-state index contributed by atoms with van der Waals surface area (Å²) in [4.78, 5) is 23.4. The number of amides is 1. The lowest BCUT2D eigenvalue weighted by molar-refractivity contribution is -0.146. The number of carbonyl (C=O) groups excluding carboxylic acids is 2. The Hall–Kier alpha value is -1.99. The zero-order valence-corrected chi connectivity index (χ0v) is 13.8. The highest BCUT2D eigenvalue weighted by atomic mass is 32.2. The summed E-state index contributed by atoms with van der Waals surface area (Å²) in [6.45, 7) is 4.56. The summed E-state index contributed by atoms with van der Waals surface area (Å²) in [6, 6.07) is 6.86. The minimum atomic E-state index is -1.27. The largest absolute Gasteiger partial charge is 0.469 e. The maximum absolute atomic E-state index is 12.6. The highest BCUT2D eigenvalue weighted by molar-refractivity contribution is 7.82. The monoisotopic (exact) mass is 336 g/mol. The first-order valence-corrected chi connectivity index (χ1v) is 8.44. The number of hydrogen-bond acceptors (Lipinski definition) is 4. The van der Waals surface area contributed by atoms with Crippen LogP contribution in [0, 0.1) is 5.92 Å². The minimum absolute atomic E-state index is 0.107. The van der Waals surface area contributed by atoms with Gasteiger partial charge in [0.25, 0.3) is 0 Å².